The number of hydrogen-bond acceptors (Lipinski definition) is 4. The number of methoxy groups -OCH3 is 1. The first-order valence-corrected chi connectivity index (χ1v) is 8.89. The van der Waals surface area contributed by atoms with Crippen LogP contribution < -0.4 is 0 Å². The first-order chi connectivity index (χ1) is 11.7. The minimum absolute atomic E-state index is 0.0857. The van der Waals surface area contributed by atoms with Gasteiger partial charge in [-0.05, 0) is 55.6 Å². The van der Waals surface area contributed by atoms with Gasteiger partial charge in [-0.2, -0.15) is 0 Å². The third kappa shape index (κ3) is 2.71. The molecular formula is C19H24N2O3. The lowest BCUT2D eigenvalue weighted by Crippen LogP contribution is -2.27. The molecule has 2 aliphatic rings. The summed E-state index contributed by atoms with van der Waals surface area (Å²) < 4.78 is 6.90. The van der Waals surface area contributed by atoms with E-state index in [1.165, 1.54) is 25.5 Å². The van der Waals surface area contributed by atoms with Crippen molar-refractivity contribution in [2.75, 3.05) is 7.11 Å². The van der Waals surface area contributed by atoms with E-state index >= 15 is 0 Å². The molecule has 0 spiro atoms. The molecule has 128 valence electrons. The standard InChI is InChI=1S/C19H24N2O3/c1-24-19(23)14-4-2-3-13(9-14)18(22)17-15(12-5-6-12)7-8-21-11-20-10-16(17)21/h7-8,10-14,18,22H,2-6,9H2,1H3. The van der Waals surface area contributed by atoms with Crippen molar-refractivity contribution in [2.45, 2.75) is 50.5 Å². The Kier molecular flexibility index (Phi) is 4.04. The number of ether oxygens (including phenoxy) is 1. The van der Waals surface area contributed by atoms with Gasteiger partial charge in [-0.1, -0.05) is 6.42 Å². The summed E-state index contributed by atoms with van der Waals surface area (Å²) >= 11 is 0. The van der Waals surface area contributed by atoms with E-state index < -0.39 is 6.10 Å². The minimum atomic E-state index is -0.548. The molecule has 2 saturated carbocycles. The van der Waals surface area contributed by atoms with Gasteiger partial charge in [0.2, 0.25) is 0 Å². The van der Waals surface area contributed by atoms with Crippen LogP contribution in [0.5, 0.6) is 0 Å². The van der Waals surface area contributed by atoms with Gasteiger partial charge in [0, 0.05) is 11.8 Å². The molecule has 2 aromatic rings. The van der Waals surface area contributed by atoms with E-state index in [4.69, 9.17) is 4.74 Å². The van der Waals surface area contributed by atoms with Gasteiger partial charge in [0.25, 0.3) is 0 Å². The second-order valence-electron chi connectivity index (χ2n) is 7.24. The molecule has 5 heteroatoms. The van der Waals surface area contributed by atoms with Gasteiger partial charge < -0.3 is 14.2 Å². The van der Waals surface area contributed by atoms with Gasteiger partial charge in [0.1, 0.15) is 0 Å². The molecule has 0 bridgehead atoms. The van der Waals surface area contributed by atoms with Gasteiger partial charge in [-0.15, -0.1) is 0 Å². The van der Waals surface area contributed by atoms with E-state index in [-0.39, 0.29) is 17.8 Å². The van der Waals surface area contributed by atoms with Crippen molar-refractivity contribution in [2.24, 2.45) is 11.8 Å². The van der Waals surface area contributed by atoms with Gasteiger partial charge in [-0.3, -0.25) is 4.79 Å². The number of rotatable bonds is 4. The molecule has 24 heavy (non-hydrogen) atoms. The molecule has 0 aromatic carbocycles. The molecule has 5 nitrogen and oxygen atoms in total. The summed E-state index contributed by atoms with van der Waals surface area (Å²) in [4.78, 5) is 16.2. The number of hydrogen-bond donors (Lipinski definition) is 1. The molecule has 3 atom stereocenters. The monoisotopic (exact) mass is 328 g/mol. The topological polar surface area (TPSA) is 63.8 Å². The van der Waals surface area contributed by atoms with E-state index in [0.29, 0.717) is 12.3 Å². The third-order valence-corrected chi connectivity index (χ3v) is 5.68. The normalized spacial score (nSPS) is 25.6. The number of aromatic nitrogens is 2. The van der Waals surface area contributed by atoms with Crippen molar-refractivity contribution < 1.29 is 14.6 Å². The van der Waals surface area contributed by atoms with Crippen LogP contribution in [0.3, 0.4) is 0 Å². The molecule has 2 aromatic heterocycles. The molecule has 0 amide bonds. The van der Waals surface area contributed by atoms with E-state index in [1.54, 1.807) is 6.33 Å². The Balaban J connectivity index is 1.67. The molecule has 2 aliphatic carbocycles. The zero-order valence-electron chi connectivity index (χ0n) is 14.0. The van der Waals surface area contributed by atoms with Gasteiger partial charge in [0.15, 0.2) is 0 Å². The fourth-order valence-corrected chi connectivity index (χ4v) is 4.23. The molecule has 0 radical (unpaired) electrons. The van der Waals surface area contributed by atoms with Crippen molar-refractivity contribution in [3.63, 3.8) is 0 Å². The highest BCUT2D eigenvalue weighted by molar-refractivity contribution is 5.72. The summed E-state index contributed by atoms with van der Waals surface area (Å²) in [5.74, 6) is 0.435. The Morgan fingerprint density at radius 3 is 2.96 bits per heavy atom. The highest BCUT2D eigenvalue weighted by Gasteiger charge is 2.36. The molecule has 3 unspecified atom stereocenters. The summed E-state index contributed by atoms with van der Waals surface area (Å²) in [5.41, 5.74) is 3.27. The summed E-state index contributed by atoms with van der Waals surface area (Å²) in [7, 11) is 1.45. The molecular weight excluding hydrogens is 304 g/mol. The van der Waals surface area contributed by atoms with Crippen molar-refractivity contribution in [1.82, 2.24) is 9.38 Å². The third-order valence-electron chi connectivity index (χ3n) is 5.68. The smallest absolute Gasteiger partial charge is 0.308 e. The number of imidazole rings is 1. The van der Waals surface area contributed by atoms with Crippen LogP contribution in [0, 0.1) is 11.8 Å². The van der Waals surface area contributed by atoms with E-state index in [1.807, 2.05) is 16.8 Å². The number of aliphatic hydroxyl groups is 1. The molecule has 0 saturated heterocycles. The summed E-state index contributed by atoms with van der Waals surface area (Å²) in [5, 5.41) is 11.2. The van der Waals surface area contributed by atoms with Crippen LogP contribution in [0.25, 0.3) is 5.52 Å². The zero-order chi connectivity index (χ0) is 16.7. The van der Waals surface area contributed by atoms with Crippen molar-refractivity contribution in [3.05, 3.63) is 35.9 Å². The van der Waals surface area contributed by atoms with Crippen LogP contribution in [0.15, 0.2) is 24.8 Å². The van der Waals surface area contributed by atoms with E-state index in [9.17, 15) is 9.90 Å². The largest absolute Gasteiger partial charge is 0.469 e. The van der Waals surface area contributed by atoms with Crippen LogP contribution in [-0.2, 0) is 9.53 Å². The quantitative estimate of drug-likeness (QED) is 0.875. The van der Waals surface area contributed by atoms with Crippen molar-refractivity contribution >= 4 is 11.5 Å². The Bertz CT molecular complexity index is 750. The predicted octanol–water partition coefficient (Wildman–Crippen LogP) is 3.22. The van der Waals surface area contributed by atoms with Gasteiger partial charge >= 0.3 is 5.97 Å². The number of esters is 1. The Morgan fingerprint density at radius 2 is 2.21 bits per heavy atom. The van der Waals surface area contributed by atoms with Gasteiger partial charge in [-0.25, -0.2) is 4.98 Å². The number of fused-ring (bicyclic) bond motifs is 1. The predicted molar refractivity (Wildman–Crippen MR) is 89.6 cm³/mol. The zero-order valence-corrected chi connectivity index (χ0v) is 14.0. The Morgan fingerprint density at radius 1 is 1.38 bits per heavy atom. The molecule has 2 fully saturated rings. The first-order valence-electron chi connectivity index (χ1n) is 8.89. The maximum Gasteiger partial charge on any atom is 0.308 e. The van der Waals surface area contributed by atoms with Crippen LogP contribution in [-0.4, -0.2) is 27.6 Å². The van der Waals surface area contributed by atoms with Crippen molar-refractivity contribution in [3.8, 4) is 0 Å². The number of nitrogens with zero attached hydrogens (tertiary/aromatic N) is 2. The summed E-state index contributed by atoms with van der Waals surface area (Å²) in [6, 6.07) is 2.13. The highest BCUT2D eigenvalue weighted by atomic mass is 16.5. The minimum Gasteiger partial charge on any atom is -0.469 e. The number of pyridine rings is 1. The molecule has 1 N–H and O–H groups in total. The lowest BCUT2D eigenvalue weighted by molar-refractivity contribution is -0.147. The number of carbonyl (C=O) groups is 1. The second kappa shape index (κ2) is 6.20. The van der Waals surface area contributed by atoms with E-state index in [2.05, 4.69) is 11.1 Å². The highest BCUT2D eigenvalue weighted by Crippen LogP contribution is 2.47. The van der Waals surface area contributed by atoms with Crippen LogP contribution >= 0.6 is 0 Å². The molecule has 4 rings (SSSR count). The van der Waals surface area contributed by atoms with Crippen LogP contribution in [0.2, 0.25) is 0 Å². The molecule has 2 heterocycles. The SMILES string of the molecule is COC(=O)C1CCCC(C(O)c2c(C3CC3)ccn3cncc23)C1. The summed E-state index contributed by atoms with van der Waals surface area (Å²) in [6.45, 7) is 0. The number of carbonyl (C=O) groups excluding carboxylic acids is 1. The Hall–Kier alpha value is -1.88. The van der Waals surface area contributed by atoms with Crippen LogP contribution in [0.1, 0.15) is 61.7 Å². The Labute approximate surface area is 141 Å². The first kappa shape index (κ1) is 15.6. The maximum absolute atomic E-state index is 11.9. The molecule has 0 aliphatic heterocycles. The second-order valence-corrected chi connectivity index (χ2v) is 7.24. The lowest BCUT2D eigenvalue weighted by Gasteiger charge is -2.32. The van der Waals surface area contributed by atoms with E-state index in [0.717, 1.165) is 30.3 Å². The van der Waals surface area contributed by atoms with Crippen LogP contribution in [0.4, 0.5) is 0 Å². The fraction of sp³-hybridized carbons (Fsp3) is 0.579. The van der Waals surface area contributed by atoms with Crippen molar-refractivity contribution in [1.29, 1.82) is 0 Å². The average Bonchev–Trinajstić information content (AvgIpc) is 3.36. The lowest BCUT2D eigenvalue weighted by atomic mass is 9.76. The average molecular weight is 328 g/mol. The fourth-order valence-electron chi connectivity index (χ4n) is 4.23. The number of aliphatic hydroxyl groups excluding tert-OH is 1. The maximum atomic E-state index is 11.9. The summed E-state index contributed by atoms with van der Waals surface area (Å²) in [6.07, 6.45) is 11.0. The van der Waals surface area contributed by atoms with Gasteiger partial charge in [0.05, 0.1) is 37.2 Å².